The van der Waals surface area contributed by atoms with Crippen LogP contribution in [0.1, 0.15) is 46.1 Å². The van der Waals surface area contributed by atoms with E-state index in [1.807, 2.05) is 18.2 Å². The molecule has 0 saturated carbocycles. The van der Waals surface area contributed by atoms with E-state index < -0.39 is 0 Å². The lowest BCUT2D eigenvalue weighted by molar-refractivity contribution is 0.292. The van der Waals surface area contributed by atoms with Crippen LogP contribution in [-0.2, 0) is 6.54 Å². The van der Waals surface area contributed by atoms with Gasteiger partial charge in [-0.1, -0.05) is 19.9 Å². The summed E-state index contributed by atoms with van der Waals surface area (Å²) in [6, 6.07) is 6.28. The predicted molar refractivity (Wildman–Crippen MR) is 129 cm³/mol. The third-order valence-corrected chi connectivity index (χ3v) is 4.60. The Morgan fingerprint density at radius 3 is 2.36 bits per heavy atom. The van der Waals surface area contributed by atoms with Gasteiger partial charge in [-0.15, -0.1) is 24.0 Å². The highest BCUT2D eigenvalue weighted by Gasteiger charge is 2.08. The molecule has 0 fully saturated rings. The zero-order valence-electron chi connectivity index (χ0n) is 18.4. The molecule has 1 rings (SSSR count). The molecule has 6 nitrogen and oxygen atoms in total. The van der Waals surface area contributed by atoms with Crippen LogP contribution >= 0.6 is 24.0 Å². The number of hydrogen-bond donors (Lipinski definition) is 2. The Morgan fingerprint density at radius 1 is 1.11 bits per heavy atom. The third-order valence-electron chi connectivity index (χ3n) is 4.60. The van der Waals surface area contributed by atoms with Gasteiger partial charge in [-0.2, -0.15) is 0 Å². The number of benzene rings is 1. The van der Waals surface area contributed by atoms with Crippen LogP contribution in [0.4, 0.5) is 0 Å². The summed E-state index contributed by atoms with van der Waals surface area (Å²) in [5, 5.41) is 6.84. The SMILES string of the molecule is CCNC(=NCc1ccc(OC)c(OC)c1)NC(C)CCCN(CC)CC.I. The number of nitrogens with one attached hydrogen (secondary N) is 2. The molecule has 1 aromatic carbocycles. The molecule has 162 valence electrons. The first-order valence-corrected chi connectivity index (χ1v) is 10.1. The number of hydrogen-bond acceptors (Lipinski definition) is 4. The normalized spacial score (nSPS) is 12.3. The summed E-state index contributed by atoms with van der Waals surface area (Å²) >= 11 is 0. The van der Waals surface area contributed by atoms with Gasteiger partial charge in [0.15, 0.2) is 17.5 Å². The number of rotatable bonds is 12. The predicted octanol–water partition coefficient (Wildman–Crippen LogP) is 3.89. The molecule has 0 amide bonds. The molecule has 0 bridgehead atoms. The van der Waals surface area contributed by atoms with E-state index in [0.717, 1.165) is 55.6 Å². The number of aliphatic imine (C=N–C) groups is 1. The van der Waals surface area contributed by atoms with Crippen LogP contribution < -0.4 is 20.1 Å². The van der Waals surface area contributed by atoms with Gasteiger partial charge in [-0.05, 0) is 64.0 Å². The van der Waals surface area contributed by atoms with Crippen molar-refractivity contribution in [2.45, 2.75) is 53.1 Å². The Hall–Kier alpha value is -1.22. The third kappa shape index (κ3) is 9.82. The Kier molecular flexibility index (Phi) is 15.0. The highest BCUT2D eigenvalue weighted by molar-refractivity contribution is 14.0. The molecule has 1 aromatic rings. The van der Waals surface area contributed by atoms with E-state index in [2.05, 4.69) is 43.2 Å². The summed E-state index contributed by atoms with van der Waals surface area (Å²) in [6.07, 6.45) is 2.31. The van der Waals surface area contributed by atoms with Crippen molar-refractivity contribution < 1.29 is 9.47 Å². The largest absolute Gasteiger partial charge is 0.493 e. The Morgan fingerprint density at radius 2 is 1.79 bits per heavy atom. The summed E-state index contributed by atoms with van der Waals surface area (Å²) in [6.45, 7) is 13.5. The lowest BCUT2D eigenvalue weighted by atomic mass is 10.2. The smallest absolute Gasteiger partial charge is 0.191 e. The van der Waals surface area contributed by atoms with E-state index in [4.69, 9.17) is 14.5 Å². The molecule has 0 aliphatic rings. The molecule has 0 aliphatic heterocycles. The summed E-state index contributed by atoms with van der Waals surface area (Å²) in [5.41, 5.74) is 1.08. The van der Waals surface area contributed by atoms with Gasteiger partial charge in [0.1, 0.15) is 0 Å². The quantitative estimate of drug-likeness (QED) is 0.256. The molecule has 0 aliphatic carbocycles. The van der Waals surface area contributed by atoms with Crippen molar-refractivity contribution in [3.8, 4) is 11.5 Å². The fourth-order valence-corrected chi connectivity index (χ4v) is 2.94. The van der Waals surface area contributed by atoms with Crippen LogP contribution in [0.2, 0.25) is 0 Å². The monoisotopic (exact) mass is 506 g/mol. The number of halogens is 1. The van der Waals surface area contributed by atoms with Crippen LogP contribution in [-0.4, -0.2) is 57.3 Å². The van der Waals surface area contributed by atoms with Crippen LogP contribution in [0.3, 0.4) is 0 Å². The summed E-state index contributed by atoms with van der Waals surface area (Å²) < 4.78 is 10.7. The average Bonchev–Trinajstić information content (AvgIpc) is 2.69. The van der Waals surface area contributed by atoms with E-state index in [1.165, 1.54) is 6.42 Å². The molecule has 28 heavy (non-hydrogen) atoms. The number of guanidine groups is 1. The lowest BCUT2D eigenvalue weighted by Crippen LogP contribution is -2.42. The van der Waals surface area contributed by atoms with Gasteiger partial charge in [0, 0.05) is 12.6 Å². The van der Waals surface area contributed by atoms with Crippen LogP contribution in [0, 0.1) is 0 Å². The molecular weight excluding hydrogens is 467 g/mol. The minimum atomic E-state index is 0. The fourth-order valence-electron chi connectivity index (χ4n) is 2.94. The second-order valence-electron chi connectivity index (χ2n) is 6.60. The molecule has 0 aromatic heterocycles. The maximum absolute atomic E-state index is 5.37. The highest BCUT2D eigenvalue weighted by Crippen LogP contribution is 2.27. The number of nitrogens with zero attached hydrogens (tertiary/aromatic N) is 2. The van der Waals surface area contributed by atoms with E-state index in [9.17, 15) is 0 Å². The Labute approximate surface area is 188 Å². The van der Waals surface area contributed by atoms with Crippen molar-refractivity contribution in [3.63, 3.8) is 0 Å². The van der Waals surface area contributed by atoms with Gasteiger partial charge in [-0.25, -0.2) is 4.99 Å². The van der Waals surface area contributed by atoms with Crippen molar-refractivity contribution in [2.24, 2.45) is 4.99 Å². The van der Waals surface area contributed by atoms with Crippen LogP contribution in [0.5, 0.6) is 11.5 Å². The maximum Gasteiger partial charge on any atom is 0.191 e. The average molecular weight is 506 g/mol. The van der Waals surface area contributed by atoms with E-state index >= 15 is 0 Å². The van der Waals surface area contributed by atoms with E-state index in [1.54, 1.807) is 14.2 Å². The first-order chi connectivity index (χ1) is 13.1. The number of methoxy groups -OCH3 is 2. The minimum Gasteiger partial charge on any atom is -0.493 e. The minimum absolute atomic E-state index is 0. The molecule has 1 unspecified atom stereocenters. The van der Waals surface area contributed by atoms with Crippen LogP contribution in [0.25, 0.3) is 0 Å². The zero-order chi connectivity index (χ0) is 20.1. The van der Waals surface area contributed by atoms with Crippen LogP contribution in [0.15, 0.2) is 23.2 Å². The topological polar surface area (TPSA) is 58.1 Å². The van der Waals surface area contributed by atoms with Gasteiger partial charge < -0.3 is 25.0 Å². The van der Waals surface area contributed by atoms with Crippen molar-refractivity contribution in [1.29, 1.82) is 0 Å². The first-order valence-electron chi connectivity index (χ1n) is 10.1. The molecule has 0 saturated heterocycles. The molecule has 0 heterocycles. The standard InChI is InChI=1S/C21H38N4O2.HI/c1-7-22-21(24-17(4)11-10-14-25(8-2)9-3)23-16-18-12-13-19(26-5)20(15-18)27-6;/h12-13,15,17H,7-11,14,16H2,1-6H3,(H2,22,23,24);1H. The molecule has 0 spiro atoms. The molecule has 1 atom stereocenters. The van der Waals surface area contributed by atoms with E-state index in [0.29, 0.717) is 12.6 Å². The Balaban J connectivity index is 0.00000729. The van der Waals surface area contributed by atoms with Crippen molar-refractivity contribution >= 4 is 29.9 Å². The molecular formula is C21H39IN4O2. The molecule has 7 heteroatoms. The second kappa shape index (κ2) is 15.7. The van der Waals surface area contributed by atoms with Gasteiger partial charge in [-0.3, -0.25) is 0 Å². The van der Waals surface area contributed by atoms with E-state index in [-0.39, 0.29) is 24.0 Å². The fraction of sp³-hybridized carbons (Fsp3) is 0.667. The summed E-state index contributed by atoms with van der Waals surface area (Å²) in [5.74, 6) is 2.31. The van der Waals surface area contributed by atoms with Crippen molar-refractivity contribution in [3.05, 3.63) is 23.8 Å². The summed E-state index contributed by atoms with van der Waals surface area (Å²) in [7, 11) is 3.29. The lowest BCUT2D eigenvalue weighted by Gasteiger charge is -2.21. The second-order valence-corrected chi connectivity index (χ2v) is 6.60. The zero-order valence-corrected chi connectivity index (χ0v) is 20.7. The van der Waals surface area contributed by atoms with Crippen molar-refractivity contribution in [1.82, 2.24) is 15.5 Å². The maximum atomic E-state index is 5.37. The summed E-state index contributed by atoms with van der Waals surface area (Å²) in [4.78, 5) is 7.18. The number of ether oxygens (including phenoxy) is 2. The van der Waals surface area contributed by atoms with Gasteiger partial charge in [0.05, 0.1) is 20.8 Å². The van der Waals surface area contributed by atoms with Gasteiger partial charge >= 0.3 is 0 Å². The molecule has 2 N–H and O–H groups in total. The van der Waals surface area contributed by atoms with Gasteiger partial charge in [0.25, 0.3) is 0 Å². The highest BCUT2D eigenvalue weighted by atomic mass is 127. The van der Waals surface area contributed by atoms with Gasteiger partial charge in [0.2, 0.25) is 0 Å². The molecule has 0 radical (unpaired) electrons. The van der Waals surface area contributed by atoms with Crippen molar-refractivity contribution in [2.75, 3.05) is 40.4 Å². The Bertz CT molecular complexity index is 565. The first kappa shape index (κ1) is 26.8.